The van der Waals surface area contributed by atoms with Crippen molar-refractivity contribution in [2.75, 3.05) is 13.7 Å². The van der Waals surface area contributed by atoms with Crippen molar-refractivity contribution in [1.29, 1.82) is 0 Å². The third-order valence-corrected chi connectivity index (χ3v) is 2.19. The average molecular weight is 223 g/mol. The van der Waals surface area contributed by atoms with Crippen LogP contribution in [0, 0.1) is 0 Å². The molecule has 16 heavy (non-hydrogen) atoms. The Balaban J connectivity index is 2.44. The van der Waals surface area contributed by atoms with E-state index in [-0.39, 0.29) is 0 Å². The van der Waals surface area contributed by atoms with E-state index in [1.54, 1.807) is 21.0 Å². The molecule has 0 saturated carbocycles. The first kappa shape index (κ1) is 13.2. The van der Waals surface area contributed by atoms with Gasteiger partial charge in [0.1, 0.15) is 0 Å². The van der Waals surface area contributed by atoms with Crippen molar-refractivity contribution in [3.8, 4) is 0 Å². The highest BCUT2D eigenvalue weighted by Crippen LogP contribution is 2.06. The van der Waals surface area contributed by atoms with Gasteiger partial charge in [0.15, 0.2) is 0 Å². The minimum Gasteiger partial charge on any atom is -0.389 e. The van der Waals surface area contributed by atoms with E-state index in [2.05, 4.69) is 17.4 Å². The molecule has 0 amide bonds. The van der Waals surface area contributed by atoms with Crippen LogP contribution in [0.15, 0.2) is 24.3 Å². The summed E-state index contributed by atoms with van der Waals surface area (Å²) in [6.45, 7) is 5.57. The first-order chi connectivity index (χ1) is 7.51. The van der Waals surface area contributed by atoms with Crippen molar-refractivity contribution in [2.24, 2.45) is 0 Å². The monoisotopic (exact) mass is 223 g/mol. The quantitative estimate of drug-likeness (QED) is 0.771. The molecule has 0 fully saturated rings. The van der Waals surface area contributed by atoms with E-state index in [0.29, 0.717) is 13.2 Å². The Labute approximate surface area is 97.4 Å². The first-order valence-corrected chi connectivity index (χ1v) is 5.51. The number of hydrogen-bond acceptors (Lipinski definition) is 3. The van der Waals surface area contributed by atoms with Crippen LogP contribution < -0.4 is 5.32 Å². The Kier molecular flexibility index (Phi) is 4.93. The number of nitrogens with one attached hydrogen (secondary N) is 1. The van der Waals surface area contributed by atoms with E-state index in [1.165, 1.54) is 11.1 Å². The fourth-order valence-corrected chi connectivity index (χ4v) is 1.51. The van der Waals surface area contributed by atoms with Crippen LogP contribution in [0.2, 0.25) is 0 Å². The van der Waals surface area contributed by atoms with Gasteiger partial charge in [-0.2, -0.15) is 0 Å². The minimum atomic E-state index is -0.663. The third-order valence-electron chi connectivity index (χ3n) is 2.19. The second-order valence-corrected chi connectivity index (χ2v) is 4.67. The fourth-order valence-electron chi connectivity index (χ4n) is 1.51. The van der Waals surface area contributed by atoms with Crippen molar-refractivity contribution in [3.63, 3.8) is 0 Å². The summed E-state index contributed by atoms with van der Waals surface area (Å²) in [6, 6.07) is 8.25. The van der Waals surface area contributed by atoms with Crippen molar-refractivity contribution >= 4 is 0 Å². The standard InChI is InChI=1S/C13H21NO2/c1-13(2,15)10-14-8-11-5-4-6-12(7-11)9-16-3/h4-7,14-15H,8-10H2,1-3H3. The smallest absolute Gasteiger partial charge is 0.0715 e. The van der Waals surface area contributed by atoms with Crippen LogP contribution in [0.1, 0.15) is 25.0 Å². The van der Waals surface area contributed by atoms with Gasteiger partial charge in [-0.15, -0.1) is 0 Å². The predicted octanol–water partition coefficient (Wildman–Crippen LogP) is 1.69. The Morgan fingerprint density at radius 1 is 1.31 bits per heavy atom. The molecule has 1 rings (SSSR count). The Hall–Kier alpha value is -0.900. The van der Waals surface area contributed by atoms with Gasteiger partial charge in [0, 0.05) is 20.2 Å². The zero-order chi connectivity index (χ0) is 12.0. The molecule has 0 heterocycles. The van der Waals surface area contributed by atoms with Crippen LogP contribution >= 0.6 is 0 Å². The zero-order valence-corrected chi connectivity index (χ0v) is 10.3. The minimum absolute atomic E-state index is 0.585. The molecule has 3 nitrogen and oxygen atoms in total. The molecule has 0 aliphatic carbocycles. The Morgan fingerprint density at radius 3 is 2.62 bits per heavy atom. The summed E-state index contributed by atoms with van der Waals surface area (Å²) in [5, 5.41) is 12.8. The van der Waals surface area contributed by atoms with Crippen LogP contribution in [-0.4, -0.2) is 24.4 Å². The summed E-state index contributed by atoms with van der Waals surface area (Å²) in [6.07, 6.45) is 0. The summed E-state index contributed by atoms with van der Waals surface area (Å²) < 4.78 is 5.08. The molecule has 0 aliphatic rings. The molecule has 0 aromatic heterocycles. The number of benzene rings is 1. The van der Waals surface area contributed by atoms with E-state index in [9.17, 15) is 5.11 Å². The van der Waals surface area contributed by atoms with Gasteiger partial charge in [0.25, 0.3) is 0 Å². The highest BCUT2D eigenvalue weighted by Gasteiger charge is 2.10. The molecule has 0 spiro atoms. The van der Waals surface area contributed by atoms with Crippen LogP contribution in [0.5, 0.6) is 0 Å². The van der Waals surface area contributed by atoms with Gasteiger partial charge in [-0.05, 0) is 25.0 Å². The van der Waals surface area contributed by atoms with Gasteiger partial charge in [0.05, 0.1) is 12.2 Å². The number of ether oxygens (including phenoxy) is 1. The SMILES string of the molecule is COCc1cccc(CNCC(C)(C)O)c1. The van der Waals surface area contributed by atoms with Gasteiger partial charge in [-0.3, -0.25) is 0 Å². The lowest BCUT2D eigenvalue weighted by molar-refractivity contribution is 0.0795. The maximum absolute atomic E-state index is 9.55. The largest absolute Gasteiger partial charge is 0.389 e. The van der Waals surface area contributed by atoms with Gasteiger partial charge >= 0.3 is 0 Å². The Morgan fingerprint density at radius 2 is 2.00 bits per heavy atom. The van der Waals surface area contributed by atoms with Crippen molar-refractivity contribution in [3.05, 3.63) is 35.4 Å². The Bertz CT molecular complexity index is 318. The van der Waals surface area contributed by atoms with Crippen LogP contribution in [0.3, 0.4) is 0 Å². The van der Waals surface area contributed by atoms with Crippen LogP contribution in [-0.2, 0) is 17.9 Å². The van der Waals surface area contributed by atoms with E-state index < -0.39 is 5.60 Å². The molecule has 1 aromatic carbocycles. The normalized spacial score (nSPS) is 11.8. The number of rotatable bonds is 6. The summed E-state index contributed by atoms with van der Waals surface area (Å²) in [5.74, 6) is 0. The van der Waals surface area contributed by atoms with Crippen LogP contribution in [0.25, 0.3) is 0 Å². The zero-order valence-electron chi connectivity index (χ0n) is 10.3. The summed E-state index contributed by atoms with van der Waals surface area (Å²) in [4.78, 5) is 0. The third kappa shape index (κ3) is 5.26. The molecule has 0 radical (unpaired) electrons. The molecule has 2 N–H and O–H groups in total. The predicted molar refractivity (Wildman–Crippen MR) is 65.2 cm³/mol. The summed E-state index contributed by atoms with van der Waals surface area (Å²) >= 11 is 0. The first-order valence-electron chi connectivity index (χ1n) is 5.51. The van der Waals surface area contributed by atoms with Gasteiger partial charge in [0.2, 0.25) is 0 Å². The maximum Gasteiger partial charge on any atom is 0.0715 e. The molecule has 1 aromatic rings. The second-order valence-electron chi connectivity index (χ2n) is 4.67. The molecular formula is C13H21NO2. The number of aliphatic hydroxyl groups is 1. The molecule has 0 aliphatic heterocycles. The molecule has 90 valence electrons. The summed E-state index contributed by atoms with van der Waals surface area (Å²) in [5.41, 5.74) is 1.72. The molecule has 0 atom stereocenters. The van der Waals surface area contributed by atoms with Crippen molar-refractivity contribution in [2.45, 2.75) is 32.6 Å². The lowest BCUT2D eigenvalue weighted by Crippen LogP contribution is -2.34. The van der Waals surface area contributed by atoms with Gasteiger partial charge in [-0.1, -0.05) is 24.3 Å². The highest BCUT2D eigenvalue weighted by molar-refractivity contribution is 5.22. The lowest BCUT2D eigenvalue weighted by atomic mass is 10.1. The molecule has 0 bridgehead atoms. The van der Waals surface area contributed by atoms with E-state index in [4.69, 9.17) is 4.74 Å². The van der Waals surface area contributed by atoms with E-state index in [1.807, 2.05) is 12.1 Å². The molecule has 0 unspecified atom stereocenters. The topological polar surface area (TPSA) is 41.5 Å². The lowest BCUT2D eigenvalue weighted by Gasteiger charge is -2.17. The molecule has 0 saturated heterocycles. The van der Waals surface area contributed by atoms with E-state index in [0.717, 1.165) is 6.54 Å². The van der Waals surface area contributed by atoms with Crippen molar-refractivity contribution < 1.29 is 9.84 Å². The van der Waals surface area contributed by atoms with Crippen LogP contribution in [0.4, 0.5) is 0 Å². The van der Waals surface area contributed by atoms with Crippen molar-refractivity contribution in [1.82, 2.24) is 5.32 Å². The average Bonchev–Trinajstić information content (AvgIpc) is 2.17. The van der Waals surface area contributed by atoms with Gasteiger partial charge in [-0.25, -0.2) is 0 Å². The highest BCUT2D eigenvalue weighted by atomic mass is 16.5. The second kappa shape index (κ2) is 5.99. The maximum atomic E-state index is 9.55. The molecule has 3 heteroatoms. The molecular weight excluding hydrogens is 202 g/mol. The van der Waals surface area contributed by atoms with E-state index >= 15 is 0 Å². The number of methoxy groups -OCH3 is 1. The number of hydrogen-bond donors (Lipinski definition) is 2. The fraction of sp³-hybridized carbons (Fsp3) is 0.538. The summed E-state index contributed by atoms with van der Waals surface area (Å²) in [7, 11) is 1.69. The van der Waals surface area contributed by atoms with Gasteiger partial charge < -0.3 is 15.2 Å².